The summed E-state index contributed by atoms with van der Waals surface area (Å²) < 4.78 is 10.7. The third-order valence-corrected chi connectivity index (χ3v) is 5.22. The van der Waals surface area contributed by atoms with E-state index in [2.05, 4.69) is 17.3 Å². The fourth-order valence-corrected chi connectivity index (χ4v) is 3.60. The van der Waals surface area contributed by atoms with E-state index >= 15 is 0 Å². The Morgan fingerprint density at radius 2 is 1.85 bits per heavy atom. The molecule has 4 rings (SSSR count). The predicted molar refractivity (Wildman–Crippen MR) is 94.3 cm³/mol. The van der Waals surface area contributed by atoms with E-state index in [0.29, 0.717) is 49.8 Å². The summed E-state index contributed by atoms with van der Waals surface area (Å²) in [6.07, 6.45) is 0. The Kier molecular flexibility index (Phi) is 4.69. The Morgan fingerprint density at radius 1 is 1.08 bits per heavy atom. The summed E-state index contributed by atoms with van der Waals surface area (Å²) in [7, 11) is 2.06. The van der Waals surface area contributed by atoms with Gasteiger partial charge in [0.25, 0.3) is 5.91 Å². The second-order valence-electron chi connectivity index (χ2n) is 6.92. The van der Waals surface area contributed by atoms with E-state index in [0.717, 1.165) is 13.1 Å². The molecule has 0 radical (unpaired) electrons. The maximum Gasteiger partial charge on any atom is 0.254 e. The van der Waals surface area contributed by atoms with Crippen molar-refractivity contribution in [2.24, 2.45) is 0 Å². The van der Waals surface area contributed by atoms with Crippen LogP contribution >= 0.6 is 0 Å². The van der Waals surface area contributed by atoms with Gasteiger partial charge in [0.15, 0.2) is 11.5 Å². The molecule has 0 aromatic heterocycles. The van der Waals surface area contributed by atoms with Gasteiger partial charge in [0.2, 0.25) is 12.7 Å². The second kappa shape index (κ2) is 7.13. The van der Waals surface area contributed by atoms with Gasteiger partial charge in [-0.25, -0.2) is 0 Å². The lowest BCUT2D eigenvalue weighted by atomic mass is 10.1. The molecule has 0 saturated carbocycles. The fourth-order valence-electron chi connectivity index (χ4n) is 3.60. The molecule has 0 aliphatic carbocycles. The quantitative estimate of drug-likeness (QED) is 0.774. The van der Waals surface area contributed by atoms with Crippen molar-refractivity contribution in [2.75, 3.05) is 59.7 Å². The van der Waals surface area contributed by atoms with Gasteiger partial charge in [-0.1, -0.05) is 0 Å². The second-order valence-corrected chi connectivity index (χ2v) is 6.92. The minimum atomic E-state index is -0.468. The van der Waals surface area contributed by atoms with Gasteiger partial charge >= 0.3 is 0 Å². The van der Waals surface area contributed by atoms with Crippen LogP contribution < -0.4 is 14.8 Å². The van der Waals surface area contributed by atoms with Gasteiger partial charge in [0.1, 0.15) is 6.04 Å². The Hall–Kier alpha value is -2.32. The summed E-state index contributed by atoms with van der Waals surface area (Å²) >= 11 is 0. The summed E-state index contributed by atoms with van der Waals surface area (Å²) in [5.41, 5.74) is 0.521. The Labute approximate surface area is 152 Å². The third-order valence-electron chi connectivity index (χ3n) is 5.22. The predicted octanol–water partition coefficient (Wildman–Crippen LogP) is -0.397. The summed E-state index contributed by atoms with van der Waals surface area (Å²) in [5.74, 6) is 1.11. The average molecular weight is 360 g/mol. The summed E-state index contributed by atoms with van der Waals surface area (Å²) in [4.78, 5) is 31.9. The molecule has 2 saturated heterocycles. The van der Waals surface area contributed by atoms with E-state index in [1.54, 1.807) is 23.1 Å². The molecule has 1 aromatic carbocycles. The van der Waals surface area contributed by atoms with Gasteiger partial charge in [0, 0.05) is 51.4 Å². The highest BCUT2D eigenvalue weighted by atomic mass is 16.7. The van der Waals surface area contributed by atoms with E-state index in [9.17, 15) is 9.59 Å². The fraction of sp³-hybridized carbons (Fsp3) is 0.556. The lowest BCUT2D eigenvalue weighted by Gasteiger charge is -2.40. The molecule has 140 valence electrons. The number of piperazine rings is 2. The third kappa shape index (κ3) is 3.22. The highest BCUT2D eigenvalue weighted by Crippen LogP contribution is 2.33. The number of hydrogen-bond acceptors (Lipinski definition) is 6. The minimum Gasteiger partial charge on any atom is -0.454 e. The number of ether oxygens (including phenoxy) is 2. The smallest absolute Gasteiger partial charge is 0.254 e. The lowest BCUT2D eigenvalue weighted by molar-refractivity contribution is -0.138. The lowest BCUT2D eigenvalue weighted by Crippen LogP contribution is -2.62. The van der Waals surface area contributed by atoms with Crippen molar-refractivity contribution in [2.45, 2.75) is 6.04 Å². The molecule has 2 fully saturated rings. The SMILES string of the molecule is CN1CCN(C(=O)[C@@H]2CNCCN2C(=O)c2ccc3c(c2)OCO3)CC1. The van der Waals surface area contributed by atoms with Crippen molar-refractivity contribution in [3.8, 4) is 11.5 Å². The zero-order chi connectivity index (χ0) is 18.1. The van der Waals surface area contributed by atoms with E-state index < -0.39 is 6.04 Å². The van der Waals surface area contributed by atoms with E-state index in [1.165, 1.54) is 0 Å². The number of fused-ring (bicyclic) bond motifs is 1. The van der Waals surface area contributed by atoms with Crippen LogP contribution in [0.2, 0.25) is 0 Å². The number of carbonyl (C=O) groups is 2. The van der Waals surface area contributed by atoms with Crippen LogP contribution in [-0.2, 0) is 4.79 Å². The number of hydrogen-bond donors (Lipinski definition) is 1. The summed E-state index contributed by atoms with van der Waals surface area (Å²) in [5, 5.41) is 3.25. The first-order chi connectivity index (χ1) is 12.6. The molecule has 8 nitrogen and oxygen atoms in total. The Bertz CT molecular complexity index is 702. The van der Waals surface area contributed by atoms with Gasteiger partial charge < -0.3 is 29.5 Å². The molecule has 26 heavy (non-hydrogen) atoms. The standard InChI is InChI=1S/C18H24N4O4/c1-20-6-8-21(9-7-20)18(24)14-11-19-4-5-22(14)17(23)13-2-3-15-16(10-13)26-12-25-15/h2-3,10,14,19H,4-9,11-12H2,1H3/t14-/m0/s1. The monoisotopic (exact) mass is 360 g/mol. The maximum atomic E-state index is 13.1. The van der Waals surface area contributed by atoms with E-state index in [-0.39, 0.29) is 18.6 Å². The molecule has 0 spiro atoms. The molecule has 3 aliphatic heterocycles. The highest BCUT2D eigenvalue weighted by molar-refractivity contribution is 5.98. The van der Waals surface area contributed by atoms with Crippen LogP contribution in [0.25, 0.3) is 0 Å². The molecular weight excluding hydrogens is 336 g/mol. The normalized spacial score (nSPS) is 23.2. The Morgan fingerprint density at radius 3 is 2.65 bits per heavy atom. The van der Waals surface area contributed by atoms with E-state index in [4.69, 9.17) is 9.47 Å². The van der Waals surface area contributed by atoms with Crippen LogP contribution in [0.15, 0.2) is 18.2 Å². The number of likely N-dealkylation sites (N-methyl/N-ethyl adjacent to an activating group) is 1. The maximum absolute atomic E-state index is 13.1. The molecule has 3 heterocycles. The molecule has 1 N–H and O–H groups in total. The van der Waals surface area contributed by atoms with Crippen molar-refractivity contribution in [1.29, 1.82) is 0 Å². The molecule has 2 amide bonds. The topological polar surface area (TPSA) is 74.4 Å². The average Bonchev–Trinajstić information content (AvgIpc) is 3.15. The molecule has 0 unspecified atom stereocenters. The van der Waals surface area contributed by atoms with Crippen molar-refractivity contribution >= 4 is 11.8 Å². The van der Waals surface area contributed by atoms with Gasteiger partial charge in [-0.15, -0.1) is 0 Å². The van der Waals surface area contributed by atoms with Crippen LogP contribution in [-0.4, -0.2) is 92.2 Å². The van der Waals surface area contributed by atoms with Crippen LogP contribution in [0.4, 0.5) is 0 Å². The van der Waals surface area contributed by atoms with Crippen LogP contribution in [0.1, 0.15) is 10.4 Å². The molecule has 1 atom stereocenters. The molecule has 1 aromatic rings. The number of rotatable bonds is 2. The van der Waals surface area contributed by atoms with Gasteiger partial charge in [-0.2, -0.15) is 0 Å². The first kappa shape index (κ1) is 17.1. The first-order valence-electron chi connectivity index (χ1n) is 9.02. The van der Waals surface area contributed by atoms with Gasteiger partial charge in [-0.05, 0) is 25.2 Å². The highest BCUT2D eigenvalue weighted by Gasteiger charge is 2.36. The zero-order valence-corrected chi connectivity index (χ0v) is 14.9. The number of carbonyl (C=O) groups excluding carboxylic acids is 2. The number of nitrogens with zero attached hydrogens (tertiary/aromatic N) is 3. The zero-order valence-electron chi connectivity index (χ0n) is 14.9. The molecule has 0 bridgehead atoms. The van der Waals surface area contributed by atoms with Gasteiger partial charge in [0.05, 0.1) is 0 Å². The molecular formula is C18H24N4O4. The van der Waals surface area contributed by atoms with Crippen molar-refractivity contribution in [3.05, 3.63) is 23.8 Å². The number of benzene rings is 1. The largest absolute Gasteiger partial charge is 0.454 e. The Balaban J connectivity index is 1.51. The number of nitrogens with one attached hydrogen (secondary N) is 1. The van der Waals surface area contributed by atoms with Crippen LogP contribution in [0, 0.1) is 0 Å². The van der Waals surface area contributed by atoms with Crippen LogP contribution in [0.3, 0.4) is 0 Å². The van der Waals surface area contributed by atoms with Crippen molar-refractivity contribution in [1.82, 2.24) is 20.0 Å². The van der Waals surface area contributed by atoms with Gasteiger partial charge in [-0.3, -0.25) is 9.59 Å². The van der Waals surface area contributed by atoms with Crippen LogP contribution in [0.5, 0.6) is 11.5 Å². The van der Waals surface area contributed by atoms with Crippen molar-refractivity contribution < 1.29 is 19.1 Å². The molecule has 3 aliphatic rings. The molecule has 8 heteroatoms. The van der Waals surface area contributed by atoms with Crippen molar-refractivity contribution in [3.63, 3.8) is 0 Å². The summed E-state index contributed by atoms with van der Waals surface area (Å²) in [6, 6.07) is 4.71. The van der Waals surface area contributed by atoms with E-state index in [1.807, 2.05) is 4.90 Å². The summed E-state index contributed by atoms with van der Waals surface area (Å²) in [6.45, 7) is 4.99. The minimum absolute atomic E-state index is 0.0272. The first-order valence-corrected chi connectivity index (χ1v) is 9.02. The number of amides is 2.